The van der Waals surface area contributed by atoms with Gasteiger partial charge >= 0.3 is 0 Å². The lowest BCUT2D eigenvalue weighted by atomic mass is 9.84. The molecule has 1 aromatic carbocycles. The van der Waals surface area contributed by atoms with Gasteiger partial charge in [0.25, 0.3) is 5.60 Å². The van der Waals surface area contributed by atoms with Gasteiger partial charge in [-0.05, 0) is 17.7 Å². The molecule has 0 N–H and O–H groups in total. The van der Waals surface area contributed by atoms with Crippen LogP contribution in [0.1, 0.15) is 11.5 Å². The summed E-state index contributed by atoms with van der Waals surface area (Å²) in [6.45, 7) is 3.51. The van der Waals surface area contributed by atoms with Gasteiger partial charge in [-0.15, -0.1) is 6.58 Å². The minimum atomic E-state index is -1.69. The van der Waals surface area contributed by atoms with Crippen LogP contribution in [-0.4, -0.2) is 19.5 Å². The van der Waals surface area contributed by atoms with Gasteiger partial charge in [0.15, 0.2) is 0 Å². The summed E-state index contributed by atoms with van der Waals surface area (Å²) in [4.78, 5) is 0. The first-order chi connectivity index (χ1) is 9.13. The number of methoxy groups -OCH3 is 1. The summed E-state index contributed by atoms with van der Waals surface area (Å²) in [5.41, 5.74) is -1.01. The van der Waals surface area contributed by atoms with Crippen molar-refractivity contribution in [1.82, 2.24) is 0 Å². The zero-order valence-corrected chi connectivity index (χ0v) is 11.2. The molecular formula is C14H13ClN2O2. The van der Waals surface area contributed by atoms with E-state index in [1.54, 1.807) is 24.3 Å². The van der Waals surface area contributed by atoms with Crippen LogP contribution in [0.3, 0.4) is 0 Å². The molecule has 0 radical (unpaired) electrons. The van der Waals surface area contributed by atoms with Crippen LogP contribution in [-0.2, 0) is 9.47 Å². The van der Waals surface area contributed by atoms with Gasteiger partial charge in [0.1, 0.15) is 18.9 Å². The first-order valence-corrected chi connectivity index (χ1v) is 5.84. The van der Waals surface area contributed by atoms with Gasteiger partial charge in [-0.25, -0.2) is 0 Å². The average molecular weight is 277 g/mol. The molecule has 0 bridgehead atoms. The summed E-state index contributed by atoms with van der Waals surface area (Å²) < 4.78 is 10.0. The number of rotatable bonds is 6. The maximum atomic E-state index is 9.30. The average Bonchev–Trinajstić information content (AvgIpc) is 2.43. The van der Waals surface area contributed by atoms with E-state index in [-0.39, 0.29) is 6.79 Å². The summed E-state index contributed by atoms with van der Waals surface area (Å²) in [6, 6.07) is 10.7. The van der Waals surface area contributed by atoms with Crippen molar-refractivity contribution in [3.05, 3.63) is 47.5 Å². The van der Waals surface area contributed by atoms with Crippen molar-refractivity contribution in [3.8, 4) is 12.1 Å². The first-order valence-electron chi connectivity index (χ1n) is 5.47. The Morgan fingerprint density at radius 2 is 2.16 bits per heavy atom. The number of halogens is 1. The van der Waals surface area contributed by atoms with Crippen LogP contribution < -0.4 is 0 Å². The smallest absolute Gasteiger partial charge is 0.253 e. The Morgan fingerprint density at radius 1 is 1.47 bits per heavy atom. The molecule has 0 aliphatic heterocycles. The summed E-state index contributed by atoms with van der Waals surface area (Å²) in [6.07, 6.45) is 1.49. The van der Waals surface area contributed by atoms with E-state index in [1.807, 2.05) is 12.1 Å². The SMILES string of the molecule is C=C[C@H](c1cccc(Cl)c1)C(C#N)(C#N)OCOC. The summed E-state index contributed by atoms with van der Waals surface area (Å²) in [7, 11) is 1.42. The molecule has 0 aliphatic carbocycles. The third kappa shape index (κ3) is 3.33. The molecule has 1 aromatic rings. The highest BCUT2D eigenvalue weighted by Crippen LogP contribution is 2.33. The monoisotopic (exact) mass is 276 g/mol. The summed E-state index contributed by atoms with van der Waals surface area (Å²) in [5, 5.41) is 19.1. The fraction of sp³-hybridized carbons (Fsp3) is 0.286. The van der Waals surface area contributed by atoms with Crippen molar-refractivity contribution in [3.63, 3.8) is 0 Å². The number of nitrogens with zero attached hydrogens (tertiary/aromatic N) is 2. The van der Waals surface area contributed by atoms with Crippen LogP contribution in [0.2, 0.25) is 5.02 Å². The molecular weight excluding hydrogens is 264 g/mol. The highest BCUT2D eigenvalue weighted by molar-refractivity contribution is 6.30. The Hall–Kier alpha value is -1.85. The largest absolute Gasteiger partial charge is 0.359 e. The Balaban J connectivity index is 3.22. The van der Waals surface area contributed by atoms with Crippen LogP contribution in [0, 0.1) is 22.7 Å². The van der Waals surface area contributed by atoms with Crippen LogP contribution >= 0.6 is 11.6 Å². The third-order valence-corrected chi connectivity index (χ3v) is 2.85. The number of ether oxygens (including phenoxy) is 2. The number of benzene rings is 1. The Bertz CT molecular complexity index is 517. The van der Waals surface area contributed by atoms with E-state index < -0.39 is 11.5 Å². The lowest BCUT2D eigenvalue weighted by Crippen LogP contribution is -2.36. The van der Waals surface area contributed by atoms with Crippen molar-refractivity contribution in [2.24, 2.45) is 0 Å². The van der Waals surface area contributed by atoms with Gasteiger partial charge in [0.05, 0.1) is 5.92 Å². The molecule has 0 saturated heterocycles. The van der Waals surface area contributed by atoms with Crippen LogP contribution in [0.15, 0.2) is 36.9 Å². The van der Waals surface area contributed by atoms with E-state index in [4.69, 9.17) is 21.1 Å². The number of hydrogen-bond acceptors (Lipinski definition) is 4. The summed E-state index contributed by atoms with van der Waals surface area (Å²) >= 11 is 5.92. The van der Waals surface area contributed by atoms with Crippen molar-refractivity contribution < 1.29 is 9.47 Å². The fourth-order valence-corrected chi connectivity index (χ4v) is 1.91. The molecule has 1 rings (SSSR count). The maximum absolute atomic E-state index is 9.30. The summed E-state index contributed by atoms with van der Waals surface area (Å²) in [5.74, 6) is -0.628. The van der Waals surface area contributed by atoms with Crippen LogP contribution in [0.25, 0.3) is 0 Å². The van der Waals surface area contributed by atoms with Gasteiger partial charge in [-0.3, -0.25) is 0 Å². The third-order valence-electron chi connectivity index (χ3n) is 2.62. The number of nitriles is 2. The molecule has 98 valence electrons. The standard InChI is InChI=1S/C14H13ClN2O2/c1-3-13(11-5-4-6-12(15)7-11)14(8-16,9-17)19-10-18-2/h3-7,13H,1,10H2,2H3/t13-/m1/s1. The highest BCUT2D eigenvalue weighted by atomic mass is 35.5. The molecule has 0 amide bonds. The second-order valence-corrected chi connectivity index (χ2v) is 4.21. The van der Waals surface area contributed by atoms with E-state index in [1.165, 1.54) is 13.2 Å². The lowest BCUT2D eigenvalue weighted by Gasteiger charge is -2.26. The first kappa shape index (κ1) is 15.2. The van der Waals surface area contributed by atoms with Gasteiger partial charge in [-0.1, -0.05) is 29.8 Å². The predicted octanol–water partition coefficient (Wildman–Crippen LogP) is 3.02. The van der Waals surface area contributed by atoms with Gasteiger partial charge in [0.2, 0.25) is 0 Å². The molecule has 1 atom stereocenters. The highest BCUT2D eigenvalue weighted by Gasteiger charge is 2.40. The van der Waals surface area contributed by atoms with E-state index in [2.05, 4.69) is 6.58 Å². The zero-order chi connectivity index (χ0) is 14.3. The Kier molecular flexibility index (Phi) is 5.54. The van der Waals surface area contributed by atoms with Crippen molar-refractivity contribution in [1.29, 1.82) is 10.5 Å². The minimum absolute atomic E-state index is 0.161. The molecule has 0 fully saturated rings. The van der Waals surface area contributed by atoms with Crippen LogP contribution in [0.4, 0.5) is 0 Å². The Labute approximate surface area is 117 Å². The van der Waals surface area contributed by atoms with E-state index in [0.717, 1.165) is 0 Å². The molecule has 0 aromatic heterocycles. The van der Waals surface area contributed by atoms with E-state index in [0.29, 0.717) is 10.6 Å². The van der Waals surface area contributed by atoms with E-state index >= 15 is 0 Å². The molecule has 19 heavy (non-hydrogen) atoms. The molecule has 5 heteroatoms. The zero-order valence-electron chi connectivity index (χ0n) is 10.5. The van der Waals surface area contributed by atoms with E-state index in [9.17, 15) is 10.5 Å². The van der Waals surface area contributed by atoms with Gasteiger partial charge in [0, 0.05) is 12.1 Å². The molecule has 0 aliphatic rings. The lowest BCUT2D eigenvalue weighted by molar-refractivity contribution is -0.0855. The molecule has 0 unspecified atom stereocenters. The predicted molar refractivity (Wildman–Crippen MR) is 71.3 cm³/mol. The second-order valence-electron chi connectivity index (χ2n) is 3.78. The normalized spacial score (nSPS) is 12.2. The maximum Gasteiger partial charge on any atom is 0.253 e. The van der Waals surface area contributed by atoms with Gasteiger partial charge in [-0.2, -0.15) is 10.5 Å². The second kappa shape index (κ2) is 6.92. The van der Waals surface area contributed by atoms with Crippen molar-refractivity contribution >= 4 is 11.6 Å². The van der Waals surface area contributed by atoms with Crippen molar-refractivity contribution in [2.75, 3.05) is 13.9 Å². The van der Waals surface area contributed by atoms with Crippen LogP contribution in [0.5, 0.6) is 0 Å². The number of hydrogen-bond donors (Lipinski definition) is 0. The van der Waals surface area contributed by atoms with Gasteiger partial charge < -0.3 is 9.47 Å². The topological polar surface area (TPSA) is 66.0 Å². The quantitative estimate of drug-likeness (QED) is 0.592. The Morgan fingerprint density at radius 3 is 2.63 bits per heavy atom. The minimum Gasteiger partial charge on any atom is -0.359 e. The van der Waals surface area contributed by atoms with Crippen molar-refractivity contribution in [2.45, 2.75) is 11.5 Å². The molecule has 0 saturated carbocycles. The molecule has 0 spiro atoms. The fourth-order valence-electron chi connectivity index (χ4n) is 1.71. The molecule has 0 heterocycles. The molecule has 4 nitrogen and oxygen atoms in total.